The van der Waals surface area contributed by atoms with Crippen LogP contribution in [-0.2, 0) is 29.3 Å². The van der Waals surface area contributed by atoms with Crippen molar-refractivity contribution >= 4 is 11.4 Å². The first-order valence-corrected chi connectivity index (χ1v) is 16.8. The average Bonchev–Trinajstić information content (AvgIpc) is 3.25. The molecule has 1 aliphatic rings. The van der Waals surface area contributed by atoms with Crippen LogP contribution < -0.4 is 0 Å². The molecule has 0 saturated heterocycles. The third-order valence-corrected chi connectivity index (χ3v) is 8.51. The van der Waals surface area contributed by atoms with Crippen LogP contribution in [-0.4, -0.2) is 4.70 Å². The first-order chi connectivity index (χ1) is 19.6. The average molecular weight is 630 g/mol. The molecule has 0 spiro atoms. The van der Waals surface area contributed by atoms with Crippen LogP contribution in [0.5, 0.6) is 0 Å². The molecule has 1 aliphatic heterocycles. The van der Waals surface area contributed by atoms with E-state index in [-0.39, 0.29) is 31.3 Å². The molecule has 3 heteroatoms. The third-order valence-electron chi connectivity index (χ3n) is 8.51. The van der Waals surface area contributed by atoms with Crippen molar-refractivity contribution in [2.24, 2.45) is 0 Å². The SMILES string of the molecule is CCCCCCCCCc1ccc(C2=C(CCCC)C(CCCCC)=C(c3ccc(CCCC)cc3)[N+]2=[N-])cc1.[CH3-].[CH3-].[Ni+2]. The van der Waals surface area contributed by atoms with Crippen molar-refractivity contribution in [2.45, 2.75) is 143 Å². The summed E-state index contributed by atoms with van der Waals surface area (Å²) in [5.41, 5.74) is 21.6. The zero-order chi connectivity index (χ0) is 28.6. The fraction of sp³-hybridized carbons (Fsp3) is 0.550. The number of hydrogen-bond donors (Lipinski definition) is 0. The van der Waals surface area contributed by atoms with Gasteiger partial charge in [0, 0.05) is 22.3 Å². The fourth-order valence-corrected chi connectivity index (χ4v) is 6.02. The predicted octanol–water partition coefficient (Wildman–Crippen LogP) is 13.2. The smallest absolute Gasteiger partial charge is 0.493 e. The van der Waals surface area contributed by atoms with Crippen LogP contribution in [0.1, 0.15) is 153 Å². The number of unbranched alkanes of at least 4 members (excludes halogenated alkanes) is 10. The molecule has 0 radical (unpaired) electrons. The Labute approximate surface area is 277 Å². The fourth-order valence-electron chi connectivity index (χ4n) is 6.02. The maximum absolute atomic E-state index is 11.8. The summed E-state index contributed by atoms with van der Waals surface area (Å²) in [6.45, 7) is 9.06. The van der Waals surface area contributed by atoms with Gasteiger partial charge in [0.05, 0.1) is 0 Å². The molecule has 0 bridgehead atoms. The Morgan fingerprint density at radius 1 is 0.442 bits per heavy atom. The minimum absolute atomic E-state index is 0. The Morgan fingerprint density at radius 3 is 1.23 bits per heavy atom. The molecule has 0 amide bonds. The zero-order valence-electron chi connectivity index (χ0n) is 28.6. The van der Waals surface area contributed by atoms with E-state index in [1.807, 2.05) is 0 Å². The monoisotopic (exact) mass is 628 g/mol. The first-order valence-electron chi connectivity index (χ1n) is 16.8. The second kappa shape index (κ2) is 23.4. The number of nitrogens with zero attached hydrogens (tertiary/aromatic N) is 2. The second-order valence-corrected chi connectivity index (χ2v) is 11.9. The van der Waals surface area contributed by atoms with Gasteiger partial charge in [0.1, 0.15) is 0 Å². The van der Waals surface area contributed by atoms with Gasteiger partial charge < -0.3 is 20.4 Å². The van der Waals surface area contributed by atoms with Crippen molar-refractivity contribution in [1.82, 2.24) is 0 Å². The second-order valence-electron chi connectivity index (χ2n) is 11.9. The molecular weight excluding hydrogens is 567 g/mol. The zero-order valence-corrected chi connectivity index (χ0v) is 29.5. The summed E-state index contributed by atoms with van der Waals surface area (Å²) >= 11 is 0. The number of rotatable bonds is 20. The normalized spacial score (nSPS) is 12.7. The minimum Gasteiger partial charge on any atom is -0.493 e. The quantitative estimate of drug-likeness (QED) is 0.0603. The van der Waals surface area contributed by atoms with Gasteiger partial charge in [-0.25, -0.2) is 4.70 Å². The van der Waals surface area contributed by atoms with Crippen molar-refractivity contribution in [1.29, 1.82) is 0 Å². The Balaban J connectivity index is 0.00000588. The molecule has 0 saturated carbocycles. The van der Waals surface area contributed by atoms with Gasteiger partial charge in [-0.1, -0.05) is 116 Å². The molecule has 0 N–H and O–H groups in total. The molecule has 0 atom stereocenters. The van der Waals surface area contributed by atoms with E-state index in [2.05, 4.69) is 76.2 Å². The molecule has 43 heavy (non-hydrogen) atoms. The summed E-state index contributed by atoms with van der Waals surface area (Å²) in [5, 5.41) is 0. The van der Waals surface area contributed by atoms with Crippen LogP contribution >= 0.6 is 0 Å². The first kappa shape index (κ1) is 41.0. The van der Waals surface area contributed by atoms with E-state index >= 15 is 0 Å². The van der Waals surface area contributed by atoms with E-state index in [1.165, 1.54) is 92.9 Å². The Kier molecular flexibility index (Phi) is 22.3. The van der Waals surface area contributed by atoms with Gasteiger partial charge >= 0.3 is 16.5 Å². The summed E-state index contributed by atoms with van der Waals surface area (Å²) in [6.07, 6.45) is 22.1. The molecule has 3 rings (SSSR count). The maximum atomic E-state index is 11.8. The Bertz CT molecular complexity index is 1090. The number of aryl methyl sites for hydroxylation is 2. The van der Waals surface area contributed by atoms with E-state index in [0.29, 0.717) is 0 Å². The van der Waals surface area contributed by atoms with E-state index in [1.54, 1.807) is 4.70 Å². The molecule has 2 aromatic carbocycles. The molecule has 0 aromatic heterocycles. The Hall–Kier alpha value is -1.99. The van der Waals surface area contributed by atoms with E-state index in [4.69, 9.17) is 0 Å². The van der Waals surface area contributed by atoms with Crippen molar-refractivity contribution in [3.63, 3.8) is 0 Å². The minimum atomic E-state index is 0. The van der Waals surface area contributed by atoms with E-state index < -0.39 is 0 Å². The van der Waals surface area contributed by atoms with Crippen LogP contribution in [0.3, 0.4) is 0 Å². The molecule has 0 fully saturated rings. The van der Waals surface area contributed by atoms with Crippen molar-refractivity contribution in [2.75, 3.05) is 0 Å². The van der Waals surface area contributed by atoms with Gasteiger partial charge in [-0.2, -0.15) is 0 Å². The predicted molar refractivity (Wildman–Crippen MR) is 187 cm³/mol. The van der Waals surface area contributed by atoms with Crippen LogP contribution in [0.25, 0.3) is 16.9 Å². The molecular formula is C40H62N2Ni. The van der Waals surface area contributed by atoms with Crippen LogP contribution in [0, 0.1) is 14.9 Å². The molecule has 0 aliphatic carbocycles. The summed E-state index contributed by atoms with van der Waals surface area (Å²) in [6, 6.07) is 18.1. The van der Waals surface area contributed by atoms with Crippen molar-refractivity contribution in [3.05, 3.63) is 102 Å². The van der Waals surface area contributed by atoms with Gasteiger partial charge in [-0.05, 0) is 86.8 Å². The number of hydrogen-bond acceptors (Lipinski definition) is 0. The van der Waals surface area contributed by atoms with Gasteiger partial charge in [0.2, 0.25) is 11.4 Å². The van der Waals surface area contributed by atoms with Crippen molar-refractivity contribution < 1.29 is 21.2 Å². The van der Waals surface area contributed by atoms with Crippen LogP contribution in [0.4, 0.5) is 0 Å². The summed E-state index contributed by atoms with van der Waals surface area (Å²) in [7, 11) is 0. The van der Waals surface area contributed by atoms with E-state index in [9.17, 15) is 5.53 Å². The van der Waals surface area contributed by atoms with Gasteiger partial charge in [0.15, 0.2) is 0 Å². The molecule has 2 nitrogen and oxygen atoms in total. The van der Waals surface area contributed by atoms with E-state index in [0.717, 1.165) is 67.5 Å². The molecule has 0 unspecified atom stereocenters. The van der Waals surface area contributed by atoms with Crippen molar-refractivity contribution in [3.8, 4) is 0 Å². The number of allylic oxidation sites excluding steroid dienone is 2. The number of benzene rings is 2. The topological polar surface area (TPSA) is 25.3 Å². The van der Waals surface area contributed by atoms with Gasteiger partial charge in [-0.3, -0.25) is 0 Å². The van der Waals surface area contributed by atoms with Crippen LogP contribution in [0.2, 0.25) is 0 Å². The molecule has 242 valence electrons. The van der Waals surface area contributed by atoms with Gasteiger partial charge in [-0.15, -0.1) is 0 Å². The third kappa shape index (κ3) is 12.5. The largest absolute Gasteiger partial charge is 2.00 e. The van der Waals surface area contributed by atoms with Crippen LogP contribution in [0.15, 0.2) is 59.7 Å². The maximum Gasteiger partial charge on any atom is 2.00 e. The summed E-state index contributed by atoms with van der Waals surface area (Å²) < 4.78 is 1.54. The summed E-state index contributed by atoms with van der Waals surface area (Å²) in [5.74, 6) is 0. The standard InChI is InChI=1S/C38H56N2.2CH3.Ni/c1-5-9-13-14-15-16-18-20-32-25-29-33(30-26-32)37-35(21-12-8-4)36(22-17-10-6-2)38(40(37)39)34-27-23-31(24-28-34)19-11-7-3;;;/h23-30H,5-22H2,1-4H3;2*1H3;/q;2*-1;+2. The van der Waals surface area contributed by atoms with Gasteiger partial charge in [0.25, 0.3) is 0 Å². The Morgan fingerprint density at radius 2 is 0.767 bits per heavy atom. The summed E-state index contributed by atoms with van der Waals surface area (Å²) in [4.78, 5) is 0. The molecule has 1 heterocycles. The molecule has 2 aromatic rings.